The lowest BCUT2D eigenvalue weighted by atomic mass is 9.83. The first-order valence-corrected chi connectivity index (χ1v) is 11.0. The highest BCUT2D eigenvalue weighted by atomic mass is 16.3. The van der Waals surface area contributed by atoms with Crippen molar-refractivity contribution in [3.63, 3.8) is 0 Å². The fourth-order valence-corrected chi connectivity index (χ4v) is 4.92. The predicted octanol–water partition coefficient (Wildman–Crippen LogP) is 3.04. The number of rotatable bonds is 4. The van der Waals surface area contributed by atoms with Crippen molar-refractivity contribution in [1.82, 2.24) is 4.57 Å². The smallest absolute Gasteiger partial charge is 0.261 e. The fraction of sp³-hybridized carbons (Fsp3) is 0.385. The SMILES string of the molecule is C=c1c(C#N)c(O)n(CCCC)c(=O)/c1=C\C=C1N2CCCc3cccc(c32)C1(C)C. The van der Waals surface area contributed by atoms with Crippen molar-refractivity contribution in [3.8, 4) is 11.9 Å². The zero-order chi connectivity index (χ0) is 22.3. The lowest BCUT2D eigenvalue weighted by molar-refractivity contribution is 0.398. The molecule has 0 unspecified atom stereocenters. The third-order valence-corrected chi connectivity index (χ3v) is 6.66. The van der Waals surface area contributed by atoms with Crippen molar-refractivity contribution in [3.05, 3.63) is 67.5 Å². The Morgan fingerprint density at radius 1 is 1.32 bits per heavy atom. The molecule has 160 valence electrons. The Labute approximate surface area is 182 Å². The molecule has 2 aliphatic heterocycles. The minimum absolute atomic E-state index is 0.0644. The van der Waals surface area contributed by atoms with Gasteiger partial charge in [0.05, 0.1) is 0 Å². The lowest BCUT2D eigenvalue weighted by Gasteiger charge is -2.30. The highest BCUT2D eigenvalue weighted by Gasteiger charge is 2.41. The summed E-state index contributed by atoms with van der Waals surface area (Å²) < 4.78 is 1.30. The Balaban J connectivity index is 1.93. The molecular formula is C26H29N3O2. The van der Waals surface area contributed by atoms with Crippen molar-refractivity contribution in [2.24, 2.45) is 0 Å². The van der Waals surface area contributed by atoms with Crippen molar-refractivity contribution in [1.29, 1.82) is 5.26 Å². The second kappa shape index (κ2) is 7.77. The number of benzene rings is 1. The van der Waals surface area contributed by atoms with Crippen LogP contribution in [0.15, 0.2) is 34.8 Å². The van der Waals surface area contributed by atoms with Crippen molar-refractivity contribution >= 4 is 18.3 Å². The van der Waals surface area contributed by atoms with Crippen LogP contribution in [0.3, 0.4) is 0 Å². The molecule has 0 spiro atoms. The number of nitrogens with zero attached hydrogens (tertiary/aromatic N) is 3. The number of aryl methyl sites for hydroxylation is 1. The zero-order valence-corrected chi connectivity index (χ0v) is 18.5. The van der Waals surface area contributed by atoms with E-state index in [1.165, 1.54) is 21.4 Å². The topological polar surface area (TPSA) is 69.3 Å². The maximum Gasteiger partial charge on any atom is 0.261 e. The summed E-state index contributed by atoms with van der Waals surface area (Å²) >= 11 is 0. The number of hydrogen-bond acceptors (Lipinski definition) is 4. The Morgan fingerprint density at radius 3 is 2.81 bits per heavy atom. The van der Waals surface area contributed by atoms with Gasteiger partial charge >= 0.3 is 0 Å². The molecule has 0 fully saturated rings. The highest BCUT2D eigenvalue weighted by molar-refractivity contribution is 5.76. The van der Waals surface area contributed by atoms with Gasteiger partial charge in [0.2, 0.25) is 5.88 Å². The minimum atomic E-state index is -0.306. The quantitative estimate of drug-likeness (QED) is 0.833. The van der Waals surface area contributed by atoms with Gasteiger partial charge < -0.3 is 10.0 Å². The maximum atomic E-state index is 13.2. The molecule has 31 heavy (non-hydrogen) atoms. The van der Waals surface area contributed by atoms with E-state index in [2.05, 4.69) is 43.5 Å². The molecule has 1 aromatic carbocycles. The summed E-state index contributed by atoms with van der Waals surface area (Å²) in [6.45, 7) is 11.7. The van der Waals surface area contributed by atoms with Crippen molar-refractivity contribution in [2.75, 3.05) is 11.4 Å². The molecule has 2 aromatic rings. The van der Waals surface area contributed by atoms with Crippen LogP contribution in [0.2, 0.25) is 0 Å². The standard InChI is InChI=1S/C26H29N3O2/c1-5-6-14-29-24(30)19(17(2)20(16-27)25(29)31)12-13-22-26(3,4)21-11-7-9-18-10-8-15-28(22)23(18)21/h7,9,11-13,31H,2,5-6,8,10,14-15H2,1,3-4H3/b19-12-,22-13?. The van der Waals surface area contributed by atoms with Crippen LogP contribution in [-0.4, -0.2) is 16.2 Å². The summed E-state index contributed by atoms with van der Waals surface area (Å²) in [6, 6.07) is 8.54. The van der Waals surface area contributed by atoms with Crippen LogP contribution in [0.5, 0.6) is 5.88 Å². The van der Waals surface area contributed by atoms with Crippen LogP contribution in [0.25, 0.3) is 12.7 Å². The summed E-state index contributed by atoms with van der Waals surface area (Å²) in [5.41, 5.74) is 4.69. The molecule has 3 heterocycles. The summed E-state index contributed by atoms with van der Waals surface area (Å²) in [6.07, 6.45) is 7.59. The Bertz CT molecular complexity index is 1290. The van der Waals surface area contributed by atoms with Crippen LogP contribution in [-0.2, 0) is 18.4 Å². The predicted molar refractivity (Wildman–Crippen MR) is 124 cm³/mol. The molecule has 5 heteroatoms. The van der Waals surface area contributed by atoms with E-state index in [0.29, 0.717) is 11.8 Å². The number of nitriles is 1. The molecule has 2 aliphatic rings. The van der Waals surface area contributed by atoms with Gasteiger partial charge in [-0.25, -0.2) is 0 Å². The second-order valence-corrected chi connectivity index (χ2v) is 8.93. The van der Waals surface area contributed by atoms with Gasteiger partial charge in [0.1, 0.15) is 11.6 Å². The zero-order valence-electron chi connectivity index (χ0n) is 18.5. The average molecular weight is 416 g/mol. The van der Waals surface area contributed by atoms with Crippen LogP contribution in [0.4, 0.5) is 5.69 Å². The van der Waals surface area contributed by atoms with E-state index in [4.69, 9.17) is 0 Å². The molecule has 5 nitrogen and oxygen atoms in total. The Morgan fingerprint density at radius 2 is 2.10 bits per heavy atom. The molecule has 0 amide bonds. The summed E-state index contributed by atoms with van der Waals surface area (Å²) in [4.78, 5) is 15.5. The number of aromatic hydroxyl groups is 1. The number of allylic oxidation sites excluding steroid dienone is 2. The van der Waals surface area contributed by atoms with Crippen molar-refractivity contribution in [2.45, 2.75) is 58.4 Å². The number of anilines is 1. The number of hydrogen-bond donors (Lipinski definition) is 1. The van der Waals surface area contributed by atoms with Crippen LogP contribution in [0, 0.1) is 11.3 Å². The first kappa shape index (κ1) is 21.0. The van der Waals surface area contributed by atoms with Gasteiger partial charge in [-0.15, -0.1) is 0 Å². The van der Waals surface area contributed by atoms with Gasteiger partial charge in [-0.3, -0.25) is 9.36 Å². The van der Waals surface area contributed by atoms with E-state index in [9.17, 15) is 15.2 Å². The molecule has 0 bridgehead atoms. The monoisotopic (exact) mass is 415 g/mol. The first-order valence-electron chi connectivity index (χ1n) is 11.0. The van der Waals surface area contributed by atoms with E-state index in [0.717, 1.165) is 37.9 Å². The maximum absolute atomic E-state index is 13.2. The second-order valence-electron chi connectivity index (χ2n) is 8.93. The van der Waals surface area contributed by atoms with Gasteiger partial charge in [0.25, 0.3) is 5.56 Å². The summed E-state index contributed by atoms with van der Waals surface area (Å²) in [7, 11) is 0. The van der Waals surface area contributed by atoms with E-state index >= 15 is 0 Å². The van der Waals surface area contributed by atoms with E-state index in [1.807, 2.05) is 19.1 Å². The molecular weight excluding hydrogens is 386 g/mol. The Kier molecular flexibility index (Phi) is 5.26. The lowest BCUT2D eigenvalue weighted by Crippen LogP contribution is -2.46. The molecule has 0 atom stereocenters. The van der Waals surface area contributed by atoms with E-state index < -0.39 is 0 Å². The van der Waals surface area contributed by atoms with Gasteiger partial charge in [-0.05, 0) is 42.5 Å². The minimum Gasteiger partial charge on any atom is -0.493 e. The van der Waals surface area contributed by atoms with Crippen molar-refractivity contribution < 1.29 is 5.11 Å². The molecule has 0 saturated heterocycles. The van der Waals surface area contributed by atoms with Gasteiger partial charge in [-0.1, -0.05) is 52.0 Å². The van der Waals surface area contributed by atoms with E-state index in [-0.39, 0.29) is 27.6 Å². The first-order chi connectivity index (χ1) is 14.8. The fourth-order valence-electron chi connectivity index (χ4n) is 4.92. The normalized spacial score (nSPS) is 18.3. The Hall–Kier alpha value is -3.26. The largest absolute Gasteiger partial charge is 0.493 e. The van der Waals surface area contributed by atoms with Gasteiger partial charge in [0.15, 0.2) is 0 Å². The summed E-state index contributed by atoms with van der Waals surface area (Å²) in [5.74, 6) is -0.287. The van der Waals surface area contributed by atoms with Gasteiger partial charge in [0, 0.05) is 40.3 Å². The molecule has 0 radical (unpaired) electrons. The number of pyridine rings is 1. The molecule has 0 aliphatic carbocycles. The molecule has 4 rings (SSSR count). The number of aromatic nitrogens is 1. The summed E-state index contributed by atoms with van der Waals surface area (Å²) in [5, 5.41) is 20.7. The number of para-hydroxylation sites is 1. The molecule has 1 N–H and O–H groups in total. The molecule has 1 aromatic heterocycles. The molecule has 0 saturated carbocycles. The van der Waals surface area contributed by atoms with Crippen LogP contribution >= 0.6 is 0 Å². The van der Waals surface area contributed by atoms with Gasteiger partial charge in [-0.2, -0.15) is 5.26 Å². The third-order valence-electron chi connectivity index (χ3n) is 6.66. The van der Waals surface area contributed by atoms with Crippen LogP contribution < -0.4 is 20.9 Å². The van der Waals surface area contributed by atoms with Crippen LogP contribution in [0.1, 0.15) is 56.7 Å². The third kappa shape index (κ3) is 3.18. The van der Waals surface area contributed by atoms with E-state index in [1.54, 1.807) is 6.08 Å². The number of unbranched alkanes of at least 4 members (excludes halogenated alkanes) is 1. The highest BCUT2D eigenvalue weighted by Crippen LogP contribution is 2.50. The average Bonchev–Trinajstić information content (AvgIpc) is 2.97.